The van der Waals surface area contributed by atoms with Crippen molar-refractivity contribution < 1.29 is 33.4 Å². The summed E-state index contributed by atoms with van der Waals surface area (Å²) in [5.74, 6) is 0.683. The van der Waals surface area contributed by atoms with Crippen LogP contribution in [0.2, 0.25) is 0 Å². The number of hydrogen-bond donors (Lipinski definition) is 5. The van der Waals surface area contributed by atoms with Gasteiger partial charge in [-0.15, -0.1) is 12.3 Å². The highest BCUT2D eigenvalue weighted by molar-refractivity contribution is 6.02. The van der Waals surface area contributed by atoms with Gasteiger partial charge in [-0.3, -0.25) is 28.9 Å². The molecule has 0 aliphatic carbocycles. The minimum absolute atomic E-state index is 0.0976. The first kappa shape index (κ1) is 47.6. The van der Waals surface area contributed by atoms with Crippen molar-refractivity contribution in [1.29, 1.82) is 0 Å². The summed E-state index contributed by atoms with van der Waals surface area (Å²) in [6, 6.07) is 15.5. The zero-order chi connectivity index (χ0) is 43.5. The van der Waals surface area contributed by atoms with Crippen LogP contribution in [0.15, 0.2) is 65.8 Å². The molecule has 0 spiro atoms. The quantitative estimate of drug-likeness (QED) is 0.0463. The SMILES string of the molecule is C#CCCC(=O)N/N=C(/[C@H](CC(C)C)NC(=O)[C@H](Cc1ccccc1)NC(=O)[C@H](CCC(C)C)NC(=O)[C@H](CCc1ccccc1)NC(=O)CN1CCOCC1)[C@@]1(C)CO1. The van der Waals surface area contributed by atoms with Crippen molar-refractivity contribution in [2.75, 3.05) is 39.5 Å². The first-order valence-corrected chi connectivity index (χ1v) is 21.3. The molecule has 0 aromatic heterocycles. The lowest BCUT2D eigenvalue weighted by molar-refractivity contribution is -0.134. The van der Waals surface area contributed by atoms with Crippen LogP contribution in [0.3, 0.4) is 0 Å². The summed E-state index contributed by atoms with van der Waals surface area (Å²) in [6.07, 6.45) is 8.12. The molecule has 2 heterocycles. The molecule has 0 radical (unpaired) electrons. The zero-order valence-corrected chi connectivity index (χ0v) is 36.0. The van der Waals surface area contributed by atoms with Gasteiger partial charge < -0.3 is 30.7 Å². The van der Waals surface area contributed by atoms with Crippen LogP contribution in [0.25, 0.3) is 0 Å². The Morgan fingerprint density at radius 2 is 1.32 bits per heavy atom. The maximum atomic E-state index is 14.5. The first-order valence-electron chi connectivity index (χ1n) is 21.3. The van der Waals surface area contributed by atoms with Crippen molar-refractivity contribution in [2.24, 2.45) is 16.9 Å². The van der Waals surface area contributed by atoms with Crippen LogP contribution in [0.4, 0.5) is 0 Å². The van der Waals surface area contributed by atoms with Gasteiger partial charge in [-0.2, -0.15) is 5.10 Å². The standard InChI is InChI=1S/C46H65N7O7/c1-7-8-19-40(54)51-52-42(46(6)31-60-46)38(28-33(4)5)49-45(58)39(29-35-17-13-10-14-18-35)50-44(57)37(22-20-32(2)3)48-43(56)36(23-21-34-15-11-9-12-16-34)47-41(55)30-53-24-26-59-27-25-53/h1,9-18,32-33,36-39H,8,19-31H2,2-6H3,(H,47,55)(H,48,56)(H,49,58)(H,50,57)(H,51,54)/b52-42-/t36-,37-,38-,39-,46+/m0/s1. The van der Waals surface area contributed by atoms with Gasteiger partial charge in [0.25, 0.3) is 0 Å². The molecule has 2 aliphatic heterocycles. The lowest BCUT2D eigenvalue weighted by Gasteiger charge is -2.29. The summed E-state index contributed by atoms with van der Waals surface area (Å²) in [4.78, 5) is 70.8. The number of rotatable bonds is 24. The molecule has 2 aliphatic rings. The van der Waals surface area contributed by atoms with Gasteiger partial charge in [-0.25, -0.2) is 5.43 Å². The van der Waals surface area contributed by atoms with E-state index >= 15 is 0 Å². The van der Waals surface area contributed by atoms with E-state index in [1.807, 2.05) is 100 Å². The van der Waals surface area contributed by atoms with E-state index in [1.54, 1.807) is 0 Å². The number of benzene rings is 2. The zero-order valence-electron chi connectivity index (χ0n) is 36.0. The molecule has 2 aromatic rings. The minimum Gasteiger partial charge on any atom is -0.379 e. The van der Waals surface area contributed by atoms with Crippen LogP contribution in [-0.2, 0) is 46.3 Å². The van der Waals surface area contributed by atoms with Crippen LogP contribution in [0, 0.1) is 24.2 Å². The second-order valence-corrected chi connectivity index (χ2v) is 16.8. The van der Waals surface area contributed by atoms with Gasteiger partial charge >= 0.3 is 0 Å². The van der Waals surface area contributed by atoms with Gasteiger partial charge in [-0.1, -0.05) is 88.4 Å². The number of carbonyl (C=O) groups is 5. The Morgan fingerprint density at radius 3 is 1.90 bits per heavy atom. The molecule has 2 fully saturated rings. The van der Waals surface area contributed by atoms with E-state index < -0.39 is 47.5 Å². The number of carbonyl (C=O) groups excluding carboxylic acids is 5. The number of hydrazone groups is 1. The Hall–Kier alpha value is -5.10. The Morgan fingerprint density at radius 1 is 0.750 bits per heavy atom. The second kappa shape index (κ2) is 24.2. The topological polar surface area (TPSA) is 183 Å². The molecule has 0 unspecified atom stereocenters. The molecule has 2 aromatic carbocycles. The third kappa shape index (κ3) is 16.5. The third-order valence-electron chi connectivity index (χ3n) is 10.5. The van der Waals surface area contributed by atoms with Crippen LogP contribution in [-0.4, -0.2) is 109 Å². The van der Waals surface area contributed by atoms with Crippen molar-refractivity contribution in [2.45, 2.75) is 116 Å². The predicted molar refractivity (Wildman–Crippen MR) is 231 cm³/mol. The fourth-order valence-electron chi connectivity index (χ4n) is 6.97. The Labute approximate surface area is 355 Å². The molecule has 5 atom stereocenters. The van der Waals surface area contributed by atoms with Gasteiger partial charge in [0.2, 0.25) is 29.5 Å². The van der Waals surface area contributed by atoms with Gasteiger partial charge in [0.15, 0.2) is 0 Å². The van der Waals surface area contributed by atoms with Crippen LogP contribution in [0.1, 0.15) is 84.3 Å². The molecule has 2 saturated heterocycles. The third-order valence-corrected chi connectivity index (χ3v) is 10.5. The van der Waals surface area contributed by atoms with Crippen LogP contribution >= 0.6 is 0 Å². The summed E-state index contributed by atoms with van der Waals surface area (Å²) in [7, 11) is 0. The first-order chi connectivity index (χ1) is 28.8. The van der Waals surface area contributed by atoms with Crippen molar-refractivity contribution in [3.8, 4) is 12.3 Å². The van der Waals surface area contributed by atoms with Crippen molar-refractivity contribution >= 4 is 35.2 Å². The number of nitrogens with zero attached hydrogens (tertiary/aromatic N) is 2. The monoisotopic (exact) mass is 827 g/mol. The van der Waals surface area contributed by atoms with E-state index in [1.165, 1.54) is 0 Å². The number of terminal acetylenes is 1. The normalized spacial score (nSPS) is 18.7. The summed E-state index contributed by atoms with van der Waals surface area (Å²) in [5, 5.41) is 16.5. The van der Waals surface area contributed by atoms with E-state index in [4.69, 9.17) is 15.9 Å². The number of nitrogens with one attached hydrogen (secondary N) is 5. The molecule has 5 amide bonds. The summed E-state index contributed by atoms with van der Waals surface area (Å²) in [6.45, 7) is 12.7. The number of ether oxygens (including phenoxy) is 2. The second-order valence-electron chi connectivity index (χ2n) is 16.8. The summed E-state index contributed by atoms with van der Waals surface area (Å²) >= 11 is 0. The Kier molecular flexibility index (Phi) is 19.2. The van der Waals surface area contributed by atoms with E-state index in [0.29, 0.717) is 70.7 Å². The number of aryl methyl sites for hydroxylation is 1. The van der Waals surface area contributed by atoms with Gasteiger partial charge in [0.05, 0.1) is 38.1 Å². The minimum atomic E-state index is -1.05. The highest BCUT2D eigenvalue weighted by Gasteiger charge is 2.49. The highest BCUT2D eigenvalue weighted by Crippen LogP contribution is 2.31. The van der Waals surface area contributed by atoms with Gasteiger partial charge in [0.1, 0.15) is 23.7 Å². The summed E-state index contributed by atoms with van der Waals surface area (Å²) < 4.78 is 11.2. The fraction of sp³-hybridized carbons (Fsp3) is 0.565. The van der Waals surface area contributed by atoms with Crippen molar-refractivity contribution in [1.82, 2.24) is 31.6 Å². The number of amides is 5. The summed E-state index contributed by atoms with van der Waals surface area (Å²) in [5.41, 5.74) is 4.08. The van der Waals surface area contributed by atoms with Crippen LogP contribution in [0.5, 0.6) is 0 Å². The highest BCUT2D eigenvalue weighted by atomic mass is 16.6. The van der Waals surface area contributed by atoms with Gasteiger partial charge in [0, 0.05) is 32.4 Å². The average Bonchev–Trinajstić information content (AvgIpc) is 3.97. The van der Waals surface area contributed by atoms with E-state index in [0.717, 1.165) is 11.1 Å². The Balaban J connectivity index is 1.57. The van der Waals surface area contributed by atoms with Crippen molar-refractivity contribution in [3.05, 3.63) is 71.8 Å². The molecule has 5 N–H and O–H groups in total. The fourth-order valence-corrected chi connectivity index (χ4v) is 6.97. The number of morpholine rings is 1. The number of hydrogen-bond acceptors (Lipinski definition) is 9. The van der Waals surface area contributed by atoms with Crippen molar-refractivity contribution in [3.63, 3.8) is 0 Å². The maximum Gasteiger partial charge on any atom is 0.243 e. The molecular weight excluding hydrogens is 763 g/mol. The maximum absolute atomic E-state index is 14.5. The molecular formula is C46H65N7O7. The largest absolute Gasteiger partial charge is 0.379 e. The van der Waals surface area contributed by atoms with E-state index in [9.17, 15) is 24.0 Å². The molecule has 60 heavy (non-hydrogen) atoms. The smallest absolute Gasteiger partial charge is 0.243 e. The molecule has 4 rings (SSSR count). The molecule has 14 nitrogen and oxygen atoms in total. The van der Waals surface area contributed by atoms with Crippen LogP contribution < -0.4 is 26.7 Å². The van der Waals surface area contributed by atoms with E-state index in [-0.39, 0.29) is 49.5 Å². The predicted octanol–water partition coefficient (Wildman–Crippen LogP) is 3.29. The Bertz CT molecular complexity index is 1770. The van der Waals surface area contributed by atoms with Gasteiger partial charge in [-0.05, 0) is 62.0 Å². The molecule has 14 heteroatoms. The number of epoxide rings is 1. The van der Waals surface area contributed by atoms with E-state index in [2.05, 4.69) is 37.7 Å². The average molecular weight is 828 g/mol. The lowest BCUT2D eigenvalue weighted by Crippen LogP contribution is -2.59. The molecule has 0 bridgehead atoms. The molecule has 326 valence electrons. The molecule has 0 saturated carbocycles. The lowest BCUT2D eigenvalue weighted by atomic mass is 9.92.